The number of rotatable bonds is 5. The van der Waals surface area contributed by atoms with Crippen LogP contribution in [0.3, 0.4) is 0 Å². The predicted molar refractivity (Wildman–Crippen MR) is 92.0 cm³/mol. The summed E-state index contributed by atoms with van der Waals surface area (Å²) in [6.07, 6.45) is -1.45. The second-order valence-corrected chi connectivity index (χ2v) is 7.72. The SMILES string of the molecule is CC1(C)OC[C@H]([C@@H](O)[C@H](C#N)N(Cc2ccccc2)C(C)(C)C)O1. The molecule has 0 spiro atoms. The molecule has 0 aliphatic carbocycles. The molecule has 132 valence electrons. The van der Waals surface area contributed by atoms with Crippen LogP contribution in [0.15, 0.2) is 30.3 Å². The molecule has 5 nitrogen and oxygen atoms in total. The largest absolute Gasteiger partial charge is 0.388 e. The summed E-state index contributed by atoms with van der Waals surface area (Å²) in [6.45, 7) is 10.6. The lowest BCUT2D eigenvalue weighted by molar-refractivity contribution is -0.156. The molecular formula is C19H28N2O3. The highest BCUT2D eigenvalue weighted by molar-refractivity contribution is 5.16. The highest BCUT2D eigenvalue weighted by Gasteiger charge is 2.43. The number of benzene rings is 1. The first kappa shape index (κ1) is 18.9. The van der Waals surface area contributed by atoms with Crippen LogP contribution in [0.2, 0.25) is 0 Å². The van der Waals surface area contributed by atoms with Crippen molar-refractivity contribution in [3.05, 3.63) is 35.9 Å². The highest BCUT2D eigenvalue weighted by atomic mass is 16.7. The third kappa shape index (κ3) is 4.55. The fraction of sp³-hybridized carbons (Fsp3) is 0.632. The summed E-state index contributed by atoms with van der Waals surface area (Å²) < 4.78 is 11.3. The maximum Gasteiger partial charge on any atom is 0.163 e. The van der Waals surface area contributed by atoms with E-state index in [1.54, 1.807) is 0 Å². The second kappa shape index (κ2) is 7.20. The van der Waals surface area contributed by atoms with Crippen molar-refractivity contribution in [2.24, 2.45) is 0 Å². The normalized spacial score (nSPS) is 23.0. The maximum atomic E-state index is 10.8. The number of nitriles is 1. The van der Waals surface area contributed by atoms with Crippen LogP contribution in [-0.2, 0) is 16.0 Å². The molecule has 0 unspecified atom stereocenters. The summed E-state index contributed by atoms with van der Waals surface area (Å²) in [5.41, 5.74) is 0.815. The van der Waals surface area contributed by atoms with E-state index in [1.807, 2.05) is 69.9 Å². The van der Waals surface area contributed by atoms with Gasteiger partial charge in [-0.15, -0.1) is 0 Å². The molecule has 24 heavy (non-hydrogen) atoms. The first-order valence-corrected chi connectivity index (χ1v) is 8.34. The molecule has 1 heterocycles. The molecule has 1 N–H and O–H groups in total. The van der Waals surface area contributed by atoms with Crippen molar-refractivity contribution >= 4 is 0 Å². The summed E-state index contributed by atoms with van der Waals surface area (Å²) in [5, 5.41) is 20.5. The van der Waals surface area contributed by atoms with E-state index in [4.69, 9.17) is 9.47 Å². The molecule has 1 aromatic rings. The van der Waals surface area contributed by atoms with Crippen LogP contribution in [0.5, 0.6) is 0 Å². The third-order valence-corrected chi connectivity index (χ3v) is 4.26. The summed E-state index contributed by atoms with van der Waals surface area (Å²) >= 11 is 0. The van der Waals surface area contributed by atoms with Gasteiger partial charge < -0.3 is 14.6 Å². The van der Waals surface area contributed by atoms with Gasteiger partial charge in [0.05, 0.1) is 12.7 Å². The van der Waals surface area contributed by atoms with Crippen molar-refractivity contribution in [2.45, 2.75) is 70.7 Å². The van der Waals surface area contributed by atoms with E-state index in [0.717, 1.165) is 5.56 Å². The number of ether oxygens (including phenoxy) is 2. The Balaban J connectivity index is 2.21. The number of nitrogens with zero attached hydrogens (tertiary/aromatic N) is 2. The van der Waals surface area contributed by atoms with Gasteiger partial charge >= 0.3 is 0 Å². The Hall–Kier alpha value is -1.45. The first-order chi connectivity index (χ1) is 11.1. The second-order valence-electron chi connectivity index (χ2n) is 7.72. The Bertz CT molecular complexity index is 575. The van der Waals surface area contributed by atoms with E-state index < -0.39 is 24.0 Å². The third-order valence-electron chi connectivity index (χ3n) is 4.26. The van der Waals surface area contributed by atoms with Crippen molar-refractivity contribution in [3.8, 4) is 6.07 Å². The molecule has 1 aromatic carbocycles. The minimum absolute atomic E-state index is 0.286. The van der Waals surface area contributed by atoms with Crippen molar-refractivity contribution in [1.82, 2.24) is 4.90 Å². The minimum Gasteiger partial charge on any atom is -0.388 e. The van der Waals surface area contributed by atoms with Crippen LogP contribution in [-0.4, -0.2) is 46.2 Å². The van der Waals surface area contributed by atoms with Crippen molar-refractivity contribution in [2.75, 3.05) is 6.61 Å². The van der Waals surface area contributed by atoms with Gasteiger partial charge in [-0.25, -0.2) is 0 Å². The van der Waals surface area contributed by atoms with Gasteiger partial charge in [-0.1, -0.05) is 30.3 Å². The number of hydrogen-bond donors (Lipinski definition) is 1. The Kier molecular flexibility index (Phi) is 5.67. The van der Waals surface area contributed by atoms with Crippen LogP contribution in [0.1, 0.15) is 40.2 Å². The van der Waals surface area contributed by atoms with Gasteiger partial charge in [0.25, 0.3) is 0 Å². The fourth-order valence-electron chi connectivity index (χ4n) is 2.95. The van der Waals surface area contributed by atoms with Gasteiger partial charge in [-0.2, -0.15) is 5.26 Å². The van der Waals surface area contributed by atoms with E-state index in [9.17, 15) is 10.4 Å². The van der Waals surface area contributed by atoms with Gasteiger partial charge in [0.2, 0.25) is 0 Å². The molecule has 1 aliphatic heterocycles. The zero-order chi connectivity index (χ0) is 18.0. The summed E-state index contributed by atoms with van der Waals surface area (Å²) in [7, 11) is 0. The molecule has 1 fully saturated rings. The molecule has 2 rings (SSSR count). The molecule has 5 heteroatoms. The zero-order valence-electron chi connectivity index (χ0n) is 15.2. The Morgan fingerprint density at radius 1 is 1.33 bits per heavy atom. The van der Waals surface area contributed by atoms with Crippen LogP contribution in [0, 0.1) is 11.3 Å². The summed E-state index contributed by atoms with van der Waals surface area (Å²) in [6, 6.07) is 11.6. The van der Waals surface area contributed by atoms with Gasteiger partial charge in [0, 0.05) is 12.1 Å². The average molecular weight is 332 g/mol. The van der Waals surface area contributed by atoms with E-state index in [-0.39, 0.29) is 12.1 Å². The van der Waals surface area contributed by atoms with Gasteiger partial charge in [0.1, 0.15) is 18.2 Å². The van der Waals surface area contributed by atoms with Crippen molar-refractivity contribution in [1.29, 1.82) is 5.26 Å². The lowest BCUT2D eigenvalue weighted by Crippen LogP contribution is -2.55. The molecule has 1 saturated heterocycles. The lowest BCUT2D eigenvalue weighted by atomic mass is 9.96. The van der Waals surface area contributed by atoms with E-state index in [0.29, 0.717) is 6.54 Å². The Morgan fingerprint density at radius 3 is 2.42 bits per heavy atom. The fourth-order valence-corrected chi connectivity index (χ4v) is 2.95. The van der Waals surface area contributed by atoms with Crippen molar-refractivity contribution < 1.29 is 14.6 Å². The first-order valence-electron chi connectivity index (χ1n) is 8.34. The number of aliphatic hydroxyl groups excluding tert-OH is 1. The molecule has 0 aromatic heterocycles. The maximum absolute atomic E-state index is 10.8. The smallest absolute Gasteiger partial charge is 0.163 e. The standard InChI is InChI=1S/C19H28N2O3/c1-18(2,3)21(12-14-9-7-6-8-10-14)15(11-20)17(22)16-13-23-19(4,5)24-16/h6-10,15-17,22H,12-13H2,1-5H3/t15-,16+,17-/m0/s1. The minimum atomic E-state index is -0.945. The van der Waals surface area contributed by atoms with Crippen molar-refractivity contribution in [3.63, 3.8) is 0 Å². The summed E-state index contributed by atoms with van der Waals surface area (Å²) in [5.74, 6) is -0.725. The molecule has 3 atom stereocenters. The average Bonchev–Trinajstić information content (AvgIpc) is 2.87. The molecule has 0 saturated carbocycles. The molecule has 0 radical (unpaired) electrons. The Labute approximate surface area is 144 Å². The summed E-state index contributed by atoms with van der Waals surface area (Å²) in [4.78, 5) is 2.02. The van der Waals surface area contributed by atoms with Gasteiger partial charge in [0.15, 0.2) is 5.79 Å². The number of aliphatic hydroxyl groups is 1. The molecule has 0 amide bonds. The molecule has 0 bridgehead atoms. The molecule has 1 aliphatic rings. The topological polar surface area (TPSA) is 65.7 Å². The quantitative estimate of drug-likeness (QED) is 0.898. The predicted octanol–water partition coefficient (Wildman–Crippen LogP) is 2.69. The zero-order valence-corrected chi connectivity index (χ0v) is 15.2. The lowest BCUT2D eigenvalue weighted by Gasteiger charge is -2.41. The van der Waals surface area contributed by atoms with Crippen LogP contribution in [0.25, 0.3) is 0 Å². The van der Waals surface area contributed by atoms with E-state index in [2.05, 4.69) is 6.07 Å². The monoisotopic (exact) mass is 332 g/mol. The Morgan fingerprint density at radius 2 is 1.96 bits per heavy atom. The van der Waals surface area contributed by atoms with Gasteiger partial charge in [-0.3, -0.25) is 4.90 Å². The van der Waals surface area contributed by atoms with Crippen LogP contribution < -0.4 is 0 Å². The van der Waals surface area contributed by atoms with Crippen LogP contribution >= 0.6 is 0 Å². The van der Waals surface area contributed by atoms with E-state index in [1.165, 1.54) is 0 Å². The van der Waals surface area contributed by atoms with Gasteiger partial charge in [-0.05, 0) is 40.2 Å². The highest BCUT2D eigenvalue weighted by Crippen LogP contribution is 2.29. The number of hydrogen-bond acceptors (Lipinski definition) is 5. The van der Waals surface area contributed by atoms with Crippen LogP contribution in [0.4, 0.5) is 0 Å². The molecular weight excluding hydrogens is 304 g/mol. The van der Waals surface area contributed by atoms with E-state index >= 15 is 0 Å².